The van der Waals surface area contributed by atoms with Gasteiger partial charge in [-0.25, -0.2) is 4.79 Å². The summed E-state index contributed by atoms with van der Waals surface area (Å²) in [7, 11) is 0. The van der Waals surface area contributed by atoms with Crippen molar-refractivity contribution in [2.24, 2.45) is 5.73 Å². The van der Waals surface area contributed by atoms with Crippen molar-refractivity contribution in [1.82, 2.24) is 5.16 Å². The molecule has 0 aliphatic rings. The van der Waals surface area contributed by atoms with Gasteiger partial charge in [-0.15, -0.1) is 0 Å². The molecule has 0 fully saturated rings. The summed E-state index contributed by atoms with van der Waals surface area (Å²) in [6.45, 7) is 2.00. The molecule has 0 atom stereocenters. The molecule has 66 valence electrons. The van der Waals surface area contributed by atoms with Crippen LogP contribution >= 0.6 is 0 Å². The van der Waals surface area contributed by atoms with Crippen molar-refractivity contribution >= 4 is 6.09 Å². The van der Waals surface area contributed by atoms with Crippen LogP contribution in [-0.2, 0) is 17.8 Å². The summed E-state index contributed by atoms with van der Waals surface area (Å²) in [4.78, 5) is 10.2. The van der Waals surface area contributed by atoms with Gasteiger partial charge < -0.3 is 15.0 Å². The smallest absolute Gasteiger partial charge is 0.404 e. The molecule has 0 aromatic carbocycles. The molecule has 5 heteroatoms. The van der Waals surface area contributed by atoms with Crippen LogP contribution in [0.3, 0.4) is 0 Å². The van der Waals surface area contributed by atoms with E-state index in [4.69, 9.17) is 10.3 Å². The van der Waals surface area contributed by atoms with Gasteiger partial charge in [0.2, 0.25) is 0 Å². The molecule has 5 nitrogen and oxygen atoms in total. The number of nitrogens with two attached hydrogens (primary N) is 1. The summed E-state index contributed by atoms with van der Waals surface area (Å²) in [5.74, 6) is 0.505. The zero-order valence-electron chi connectivity index (χ0n) is 6.74. The highest BCUT2D eigenvalue weighted by Crippen LogP contribution is 2.04. The van der Waals surface area contributed by atoms with Gasteiger partial charge in [0.05, 0.1) is 5.69 Å². The molecule has 1 amide bonds. The summed E-state index contributed by atoms with van der Waals surface area (Å²) in [5, 5.41) is 3.71. The fourth-order valence-corrected chi connectivity index (χ4v) is 0.733. The van der Waals surface area contributed by atoms with E-state index in [2.05, 4.69) is 9.89 Å². The van der Waals surface area contributed by atoms with Crippen LogP contribution in [0.1, 0.15) is 18.4 Å². The number of nitrogens with zero attached hydrogens (tertiary/aromatic N) is 1. The molecular formula is C7H10N2O3. The van der Waals surface area contributed by atoms with E-state index in [1.807, 2.05) is 6.92 Å². The number of primary amides is 1. The van der Waals surface area contributed by atoms with Crippen molar-refractivity contribution in [2.75, 3.05) is 0 Å². The van der Waals surface area contributed by atoms with E-state index in [1.165, 1.54) is 0 Å². The minimum absolute atomic E-state index is 0.0440. The molecular weight excluding hydrogens is 160 g/mol. The molecule has 1 aromatic rings. The Labute approximate surface area is 69.5 Å². The number of ether oxygens (including phenoxy) is 1. The largest absolute Gasteiger partial charge is 0.441 e. The minimum Gasteiger partial charge on any atom is -0.441 e. The number of carbonyl (C=O) groups is 1. The van der Waals surface area contributed by atoms with Crippen molar-refractivity contribution in [3.05, 3.63) is 17.5 Å². The van der Waals surface area contributed by atoms with Gasteiger partial charge in [-0.2, -0.15) is 0 Å². The molecule has 1 heterocycles. The Morgan fingerprint density at radius 2 is 2.58 bits per heavy atom. The summed E-state index contributed by atoms with van der Waals surface area (Å²) in [6, 6.07) is 1.73. The predicted molar refractivity (Wildman–Crippen MR) is 40.3 cm³/mol. The Morgan fingerprint density at radius 3 is 3.08 bits per heavy atom. The van der Waals surface area contributed by atoms with E-state index in [9.17, 15) is 4.79 Å². The van der Waals surface area contributed by atoms with Gasteiger partial charge in [0.25, 0.3) is 0 Å². The van der Waals surface area contributed by atoms with Gasteiger partial charge in [-0.1, -0.05) is 12.1 Å². The zero-order valence-corrected chi connectivity index (χ0v) is 6.74. The Kier molecular flexibility index (Phi) is 2.68. The summed E-state index contributed by atoms with van der Waals surface area (Å²) < 4.78 is 9.31. The molecule has 12 heavy (non-hydrogen) atoms. The van der Waals surface area contributed by atoms with Crippen molar-refractivity contribution in [3.8, 4) is 0 Å². The Balaban J connectivity index is 2.47. The lowest BCUT2D eigenvalue weighted by Crippen LogP contribution is -2.12. The Bertz CT molecular complexity index is 269. The highest BCUT2D eigenvalue weighted by Gasteiger charge is 2.03. The first-order valence-electron chi connectivity index (χ1n) is 3.59. The number of hydrogen-bond donors (Lipinski definition) is 1. The number of hydrogen-bond acceptors (Lipinski definition) is 4. The molecule has 0 radical (unpaired) electrons. The third-order valence-corrected chi connectivity index (χ3v) is 1.33. The van der Waals surface area contributed by atoms with Gasteiger partial charge in [0.1, 0.15) is 0 Å². The fraction of sp³-hybridized carbons (Fsp3) is 0.429. The average Bonchev–Trinajstić information content (AvgIpc) is 2.48. The van der Waals surface area contributed by atoms with Crippen LogP contribution in [0.25, 0.3) is 0 Å². The van der Waals surface area contributed by atoms with Crippen molar-refractivity contribution < 1.29 is 14.1 Å². The van der Waals surface area contributed by atoms with Crippen LogP contribution < -0.4 is 5.73 Å². The van der Waals surface area contributed by atoms with Crippen LogP contribution in [0, 0.1) is 0 Å². The first-order chi connectivity index (χ1) is 5.72. The second-order valence-corrected chi connectivity index (χ2v) is 2.25. The number of rotatable bonds is 3. The highest BCUT2D eigenvalue weighted by molar-refractivity contribution is 5.64. The lowest BCUT2D eigenvalue weighted by molar-refractivity contribution is 0.137. The number of carbonyl (C=O) groups excluding carboxylic acids is 1. The molecule has 0 spiro atoms. The molecule has 0 bridgehead atoms. The Hall–Kier alpha value is -1.52. The Morgan fingerprint density at radius 1 is 1.83 bits per heavy atom. The fourth-order valence-electron chi connectivity index (χ4n) is 0.733. The monoisotopic (exact) mass is 170 g/mol. The predicted octanol–water partition coefficient (Wildman–Crippen LogP) is 0.832. The molecule has 0 unspecified atom stereocenters. The van der Waals surface area contributed by atoms with E-state index < -0.39 is 6.09 Å². The van der Waals surface area contributed by atoms with Gasteiger partial charge in [0.15, 0.2) is 12.4 Å². The third-order valence-electron chi connectivity index (χ3n) is 1.33. The van der Waals surface area contributed by atoms with Crippen molar-refractivity contribution in [1.29, 1.82) is 0 Å². The van der Waals surface area contributed by atoms with Gasteiger partial charge in [0, 0.05) is 6.07 Å². The molecule has 0 aliphatic heterocycles. The number of aryl methyl sites for hydroxylation is 1. The third kappa shape index (κ3) is 2.26. The normalized spacial score (nSPS) is 9.75. The van der Waals surface area contributed by atoms with Gasteiger partial charge in [-0.3, -0.25) is 0 Å². The van der Waals surface area contributed by atoms with Crippen LogP contribution in [0.5, 0.6) is 0 Å². The maximum atomic E-state index is 10.2. The van der Waals surface area contributed by atoms with Crippen LogP contribution in [-0.4, -0.2) is 11.2 Å². The minimum atomic E-state index is -0.815. The summed E-state index contributed by atoms with van der Waals surface area (Å²) in [6.07, 6.45) is -0.0236. The molecule has 2 N–H and O–H groups in total. The van der Waals surface area contributed by atoms with Gasteiger partial charge in [-0.05, 0) is 6.42 Å². The van der Waals surface area contributed by atoms with Crippen molar-refractivity contribution in [3.63, 3.8) is 0 Å². The maximum absolute atomic E-state index is 10.2. The molecule has 1 aromatic heterocycles. The zero-order chi connectivity index (χ0) is 8.97. The van der Waals surface area contributed by atoms with Gasteiger partial charge >= 0.3 is 6.09 Å². The van der Waals surface area contributed by atoms with Crippen LogP contribution in [0.2, 0.25) is 0 Å². The molecule has 0 saturated heterocycles. The standard InChI is InChI=1S/C7H10N2O3/c1-2-5-3-6(12-9-5)4-11-7(8)10/h3H,2,4H2,1H3,(H2,8,10). The van der Waals surface area contributed by atoms with E-state index in [0.717, 1.165) is 12.1 Å². The van der Waals surface area contributed by atoms with E-state index in [1.54, 1.807) is 6.07 Å². The second-order valence-electron chi connectivity index (χ2n) is 2.25. The number of aromatic nitrogens is 1. The summed E-state index contributed by atoms with van der Waals surface area (Å²) >= 11 is 0. The van der Waals surface area contributed by atoms with E-state index >= 15 is 0 Å². The highest BCUT2D eigenvalue weighted by atomic mass is 16.6. The van der Waals surface area contributed by atoms with E-state index in [0.29, 0.717) is 5.76 Å². The molecule has 0 saturated carbocycles. The van der Waals surface area contributed by atoms with Crippen LogP contribution in [0.15, 0.2) is 10.6 Å². The maximum Gasteiger partial charge on any atom is 0.404 e. The number of amides is 1. The van der Waals surface area contributed by atoms with Crippen molar-refractivity contribution in [2.45, 2.75) is 20.0 Å². The lowest BCUT2D eigenvalue weighted by atomic mass is 10.3. The topological polar surface area (TPSA) is 78.4 Å². The van der Waals surface area contributed by atoms with Crippen LogP contribution in [0.4, 0.5) is 4.79 Å². The average molecular weight is 170 g/mol. The summed E-state index contributed by atoms with van der Waals surface area (Å²) in [5.41, 5.74) is 5.59. The quantitative estimate of drug-likeness (QED) is 0.728. The SMILES string of the molecule is CCc1cc(COC(N)=O)on1. The second kappa shape index (κ2) is 3.75. The lowest BCUT2D eigenvalue weighted by Gasteiger charge is -1.94. The van der Waals surface area contributed by atoms with E-state index in [-0.39, 0.29) is 6.61 Å². The first kappa shape index (κ1) is 8.58. The molecule has 1 rings (SSSR count). The molecule has 0 aliphatic carbocycles. The first-order valence-corrected chi connectivity index (χ1v) is 3.59.